The van der Waals surface area contributed by atoms with E-state index < -0.39 is 0 Å². The van der Waals surface area contributed by atoms with Crippen molar-refractivity contribution >= 4 is 11.4 Å². The molecular weight excluding hydrogens is 352 g/mol. The van der Waals surface area contributed by atoms with E-state index in [2.05, 4.69) is 34.1 Å². The lowest BCUT2D eigenvalue weighted by molar-refractivity contribution is -0.117. The Bertz CT molecular complexity index is 1110. The molecule has 3 heterocycles. The van der Waals surface area contributed by atoms with E-state index in [0.717, 1.165) is 33.8 Å². The van der Waals surface area contributed by atoms with Gasteiger partial charge in [-0.1, -0.05) is 26.0 Å². The van der Waals surface area contributed by atoms with Crippen molar-refractivity contribution in [2.45, 2.75) is 39.5 Å². The molecule has 0 atom stereocenters. The fourth-order valence-corrected chi connectivity index (χ4v) is 3.45. The maximum atomic E-state index is 12.7. The van der Waals surface area contributed by atoms with Gasteiger partial charge in [0, 0.05) is 25.1 Å². The summed E-state index contributed by atoms with van der Waals surface area (Å²) in [5, 5.41) is 12.8. The van der Waals surface area contributed by atoms with E-state index in [0.29, 0.717) is 12.8 Å². The maximum absolute atomic E-state index is 12.7. The highest BCUT2D eigenvalue weighted by atomic mass is 16.1. The van der Waals surface area contributed by atoms with Gasteiger partial charge in [0.05, 0.1) is 29.5 Å². The fraction of sp³-hybridized carbons (Fsp3) is 0.286. The summed E-state index contributed by atoms with van der Waals surface area (Å²) in [5.74, 6) is 0.394. The third-order valence-corrected chi connectivity index (χ3v) is 4.64. The Kier molecular flexibility index (Phi) is 4.73. The molecule has 0 saturated carbocycles. The van der Waals surface area contributed by atoms with Gasteiger partial charge >= 0.3 is 0 Å². The van der Waals surface area contributed by atoms with Gasteiger partial charge < -0.3 is 0 Å². The van der Waals surface area contributed by atoms with Crippen molar-refractivity contribution in [3.8, 4) is 5.69 Å². The molecule has 3 aromatic heterocycles. The van der Waals surface area contributed by atoms with Crippen LogP contribution in [0.5, 0.6) is 0 Å². The summed E-state index contributed by atoms with van der Waals surface area (Å²) in [6, 6.07) is 9.68. The minimum Gasteiger partial charge on any atom is -0.299 e. The van der Waals surface area contributed by atoms with Crippen molar-refractivity contribution in [1.82, 2.24) is 29.6 Å². The van der Waals surface area contributed by atoms with Crippen LogP contribution in [-0.2, 0) is 17.6 Å². The van der Waals surface area contributed by atoms with E-state index in [1.165, 1.54) is 0 Å². The van der Waals surface area contributed by atoms with Crippen molar-refractivity contribution in [3.63, 3.8) is 0 Å². The van der Waals surface area contributed by atoms with Crippen molar-refractivity contribution in [1.29, 1.82) is 0 Å². The number of fused-ring (bicyclic) bond motifs is 1. The molecule has 4 aromatic rings. The second-order valence-corrected chi connectivity index (χ2v) is 7.26. The minimum absolute atomic E-state index is 0.150. The van der Waals surface area contributed by atoms with E-state index in [1.807, 2.05) is 48.0 Å². The molecule has 0 amide bonds. The zero-order valence-corrected chi connectivity index (χ0v) is 16.2. The highest BCUT2D eigenvalue weighted by molar-refractivity contribution is 5.83. The first kappa shape index (κ1) is 18.0. The lowest BCUT2D eigenvalue weighted by atomic mass is 9.98. The number of ketones is 1. The first-order valence-corrected chi connectivity index (χ1v) is 9.33. The molecule has 0 aliphatic carbocycles. The van der Waals surface area contributed by atoms with Crippen LogP contribution in [0.2, 0.25) is 0 Å². The molecule has 28 heavy (non-hydrogen) atoms. The number of carbonyl (C=O) groups is 1. The third-order valence-electron chi connectivity index (χ3n) is 4.64. The van der Waals surface area contributed by atoms with E-state index in [4.69, 9.17) is 0 Å². The molecule has 0 unspecified atom stereocenters. The third kappa shape index (κ3) is 3.55. The molecule has 4 rings (SSSR count). The van der Waals surface area contributed by atoms with Crippen LogP contribution >= 0.6 is 0 Å². The van der Waals surface area contributed by atoms with Gasteiger partial charge in [-0.2, -0.15) is 20.1 Å². The van der Waals surface area contributed by atoms with Crippen molar-refractivity contribution < 1.29 is 4.79 Å². The predicted molar refractivity (Wildman–Crippen MR) is 106 cm³/mol. The normalized spacial score (nSPS) is 11.4. The van der Waals surface area contributed by atoms with Crippen LogP contribution in [-0.4, -0.2) is 35.4 Å². The molecule has 0 fully saturated rings. The highest BCUT2D eigenvalue weighted by Gasteiger charge is 2.17. The summed E-state index contributed by atoms with van der Waals surface area (Å²) in [7, 11) is 0. The van der Waals surface area contributed by atoms with Crippen LogP contribution in [0.4, 0.5) is 0 Å². The highest BCUT2D eigenvalue weighted by Crippen LogP contribution is 2.21. The second kappa shape index (κ2) is 7.34. The van der Waals surface area contributed by atoms with Gasteiger partial charge in [0.2, 0.25) is 0 Å². The first-order valence-electron chi connectivity index (χ1n) is 9.33. The Balaban J connectivity index is 1.53. The number of aromatic nitrogens is 6. The van der Waals surface area contributed by atoms with E-state index in [-0.39, 0.29) is 11.7 Å². The summed E-state index contributed by atoms with van der Waals surface area (Å²) < 4.78 is 1.87. The number of carbonyl (C=O) groups excluding carboxylic acids is 1. The Hall–Kier alpha value is -3.35. The molecule has 0 saturated heterocycles. The number of hydrogen-bond donors (Lipinski definition) is 0. The van der Waals surface area contributed by atoms with Gasteiger partial charge in [-0.25, -0.2) is 9.50 Å². The SMILES string of the molecule is Cc1cc2ncc(CC(=O)Cc3ccc(-n4nccn4)cc3)c(C(C)C)n2n1. The fourth-order valence-electron chi connectivity index (χ4n) is 3.45. The van der Waals surface area contributed by atoms with Crippen LogP contribution in [0.25, 0.3) is 11.3 Å². The number of rotatable bonds is 6. The standard InChI is InChI=1S/C21H22N6O/c1-14(2)21-17(13-22-20-10-15(3)25-26(20)21)12-19(28)11-16-4-6-18(7-5-16)27-23-8-9-24-27/h4-10,13-14H,11-12H2,1-3H3. The van der Waals surface area contributed by atoms with Gasteiger partial charge in [0.1, 0.15) is 5.78 Å². The number of aryl methyl sites for hydroxylation is 1. The Labute approximate surface area is 163 Å². The average molecular weight is 374 g/mol. The largest absolute Gasteiger partial charge is 0.299 e. The smallest absolute Gasteiger partial charge is 0.155 e. The summed E-state index contributed by atoms with van der Waals surface area (Å²) in [5.41, 5.74) is 5.56. The molecular formula is C21H22N6O. The molecule has 0 aliphatic heterocycles. The first-order chi connectivity index (χ1) is 13.5. The van der Waals surface area contributed by atoms with E-state index in [1.54, 1.807) is 17.2 Å². The second-order valence-electron chi connectivity index (χ2n) is 7.26. The van der Waals surface area contributed by atoms with Crippen LogP contribution in [0, 0.1) is 6.92 Å². The van der Waals surface area contributed by atoms with E-state index in [9.17, 15) is 4.79 Å². The molecule has 7 heteroatoms. The van der Waals surface area contributed by atoms with Crippen molar-refractivity contribution in [3.05, 3.63) is 71.4 Å². The van der Waals surface area contributed by atoms with Crippen LogP contribution < -0.4 is 0 Å². The van der Waals surface area contributed by atoms with Gasteiger partial charge in [-0.05, 0) is 36.1 Å². The summed E-state index contributed by atoms with van der Waals surface area (Å²) in [6.07, 6.45) is 5.81. The van der Waals surface area contributed by atoms with Crippen LogP contribution in [0.3, 0.4) is 0 Å². The van der Waals surface area contributed by atoms with Gasteiger partial charge in [-0.3, -0.25) is 4.79 Å². The predicted octanol–water partition coefficient (Wildman–Crippen LogP) is 3.10. The van der Waals surface area contributed by atoms with Gasteiger partial charge in [0.25, 0.3) is 0 Å². The molecule has 0 bridgehead atoms. The lowest BCUT2D eigenvalue weighted by Crippen LogP contribution is -2.13. The Morgan fingerprint density at radius 3 is 2.46 bits per heavy atom. The summed E-state index contributed by atoms with van der Waals surface area (Å²) in [4.78, 5) is 18.8. The lowest BCUT2D eigenvalue weighted by Gasteiger charge is -2.14. The molecule has 0 N–H and O–H groups in total. The van der Waals surface area contributed by atoms with Crippen molar-refractivity contribution in [2.75, 3.05) is 0 Å². The van der Waals surface area contributed by atoms with Crippen LogP contribution in [0.15, 0.2) is 48.9 Å². The Morgan fingerprint density at radius 1 is 1.07 bits per heavy atom. The monoisotopic (exact) mass is 374 g/mol. The molecule has 142 valence electrons. The summed E-state index contributed by atoms with van der Waals surface area (Å²) >= 11 is 0. The van der Waals surface area contributed by atoms with Crippen LogP contribution in [0.1, 0.15) is 42.3 Å². The quantitative estimate of drug-likeness (QED) is 0.518. The topological polar surface area (TPSA) is 78.0 Å². The summed E-state index contributed by atoms with van der Waals surface area (Å²) in [6.45, 7) is 6.18. The zero-order valence-electron chi connectivity index (χ0n) is 16.2. The maximum Gasteiger partial charge on any atom is 0.155 e. The van der Waals surface area contributed by atoms with Gasteiger partial charge in [0.15, 0.2) is 5.65 Å². The number of Topliss-reactive ketones (excluding diaryl/α,β-unsaturated/α-hetero) is 1. The number of benzene rings is 1. The van der Waals surface area contributed by atoms with Gasteiger partial charge in [-0.15, -0.1) is 0 Å². The molecule has 0 aliphatic rings. The molecule has 7 nitrogen and oxygen atoms in total. The Morgan fingerprint density at radius 2 is 1.79 bits per heavy atom. The molecule has 0 radical (unpaired) electrons. The average Bonchev–Trinajstić information content (AvgIpc) is 3.30. The number of hydrogen-bond acceptors (Lipinski definition) is 5. The van der Waals surface area contributed by atoms with Crippen molar-refractivity contribution in [2.24, 2.45) is 0 Å². The zero-order chi connectivity index (χ0) is 19.7. The molecule has 1 aromatic carbocycles. The number of nitrogens with zero attached hydrogens (tertiary/aromatic N) is 6. The molecule has 0 spiro atoms. The van der Waals surface area contributed by atoms with E-state index >= 15 is 0 Å². The minimum atomic E-state index is 0.150.